The van der Waals surface area contributed by atoms with Crippen molar-refractivity contribution in [3.8, 4) is 0 Å². The largest absolute Gasteiger partial charge is 0.320 e. The molecule has 0 radical (unpaired) electrons. The average Bonchev–Trinajstić information content (AvgIpc) is 2.32. The quantitative estimate of drug-likeness (QED) is 0.879. The van der Waals surface area contributed by atoms with Crippen LogP contribution in [-0.4, -0.2) is 0 Å². The van der Waals surface area contributed by atoms with E-state index in [2.05, 4.69) is 15.9 Å². The van der Waals surface area contributed by atoms with Gasteiger partial charge in [-0.2, -0.15) is 0 Å². The molecule has 0 bridgehead atoms. The van der Waals surface area contributed by atoms with Crippen molar-refractivity contribution in [1.29, 1.82) is 0 Å². The van der Waals surface area contributed by atoms with Crippen molar-refractivity contribution >= 4 is 27.5 Å². The number of hydrogen-bond acceptors (Lipinski definition) is 1. The van der Waals surface area contributed by atoms with E-state index in [0.717, 1.165) is 15.6 Å². The second-order valence-electron chi connectivity index (χ2n) is 3.70. The molecule has 0 fully saturated rings. The zero-order valence-electron chi connectivity index (χ0n) is 8.83. The van der Waals surface area contributed by atoms with E-state index < -0.39 is 0 Å². The van der Waals surface area contributed by atoms with E-state index in [4.69, 9.17) is 17.3 Å². The van der Waals surface area contributed by atoms with Crippen molar-refractivity contribution < 1.29 is 4.39 Å². The summed E-state index contributed by atoms with van der Waals surface area (Å²) in [6, 6.07) is 11.3. The molecule has 1 nitrogen and oxygen atoms in total. The van der Waals surface area contributed by atoms with Crippen LogP contribution in [0.1, 0.15) is 17.2 Å². The minimum absolute atomic E-state index is 0.277. The first-order chi connectivity index (χ1) is 8.08. The van der Waals surface area contributed by atoms with Gasteiger partial charge in [0.2, 0.25) is 0 Å². The van der Waals surface area contributed by atoms with Gasteiger partial charge >= 0.3 is 0 Å². The van der Waals surface area contributed by atoms with E-state index in [1.165, 1.54) is 12.1 Å². The molecule has 88 valence electrons. The number of nitrogens with two attached hydrogens (primary N) is 1. The van der Waals surface area contributed by atoms with Crippen LogP contribution in [0.15, 0.2) is 46.9 Å². The molecule has 17 heavy (non-hydrogen) atoms. The van der Waals surface area contributed by atoms with Crippen LogP contribution in [0.2, 0.25) is 5.02 Å². The molecular formula is C13H10BrClFN. The predicted molar refractivity (Wildman–Crippen MR) is 71.6 cm³/mol. The summed E-state index contributed by atoms with van der Waals surface area (Å²) >= 11 is 9.47. The van der Waals surface area contributed by atoms with E-state index >= 15 is 0 Å². The van der Waals surface area contributed by atoms with E-state index in [0.29, 0.717) is 5.02 Å². The smallest absolute Gasteiger partial charge is 0.123 e. The van der Waals surface area contributed by atoms with Crippen molar-refractivity contribution in [2.45, 2.75) is 6.04 Å². The van der Waals surface area contributed by atoms with Crippen molar-refractivity contribution in [3.63, 3.8) is 0 Å². The number of benzene rings is 2. The van der Waals surface area contributed by atoms with Crippen LogP contribution in [0.5, 0.6) is 0 Å². The van der Waals surface area contributed by atoms with Gasteiger partial charge in [0.25, 0.3) is 0 Å². The molecule has 0 aliphatic heterocycles. The van der Waals surface area contributed by atoms with E-state index in [1.807, 2.05) is 12.1 Å². The first-order valence-electron chi connectivity index (χ1n) is 5.04. The van der Waals surface area contributed by atoms with Crippen molar-refractivity contribution in [1.82, 2.24) is 0 Å². The highest BCUT2D eigenvalue weighted by Crippen LogP contribution is 2.29. The fourth-order valence-electron chi connectivity index (χ4n) is 1.60. The van der Waals surface area contributed by atoms with Gasteiger partial charge < -0.3 is 5.73 Å². The average molecular weight is 315 g/mol. The Morgan fingerprint density at radius 1 is 1.12 bits per heavy atom. The van der Waals surface area contributed by atoms with Crippen LogP contribution in [0, 0.1) is 5.82 Å². The summed E-state index contributed by atoms with van der Waals surface area (Å²) in [4.78, 5) is 0. The van der Waals surface area contributed by atoms with Crippen molar-refractivity contribution in [3.05, 3.63) is 68.9 Å². The third-order valence-corrected chi connectivity index (χ3v) is 3.36. The third-order valence-electron chi connectivity index (χ3n) is 2.52. The predicted octanol–water partition coefficient (Wildman–Crippen LogP) is 4.29. The van der Waals surface area contributed by atoms with Gasteiger partial charge in [0.1, 0.15) is 5.82 Å². The molecule has 0 aliphatic carbocycles. The standard InChI is InChI=1S/C13H10BrClFN/c14-9-3-6-12(15)11(7-9)13(17)8-1-4-10(16)5-2-8/h1-7,13H,17H2. The Bertz CT molecular complexity index is 527. The van der Waals surface area contributed by atoms with Gasteiger partial charge in [0.15, 0.2) is 0 Å². The Morgan fingerprint density at radius 3 is 2.41 bits per heavy atom. The fraction of sp³-hybridized carbons (Fsp3) is 0.0769. The Hall–Kier alpha value is -0.900. The van der Waals surface area contributed by atoms with Gasteiger partial charge in [-0.25, -0.2) is 4.39 Å². The van der Waals surface area contributed by atoms with Crippen LogP contribution in [0.25, 0.3) is 0 Å². The number of hydrogen-bond donors (Lipinski definition) is 1. The maximum Gasteiger partial charge on any atom is 0.123 e. The molecule has 1 atom stereocenters. The van der Waals surface area contributed by atoms with E-state index in [1.54, 1.807) is 18.2 Å². The summed E-state index contributed by atoms with van der Waals surface area (Å²) in [7, 11) is 0. The first-order valence-corrected chi connectivity index (χ1v) is 6.21. The van der Waals surface area contributed by atoms with Crippen LogP contribution in [0.3, 0.4) is 0 Å². The van der Waals surface area contributed by atoms with E-state index in [9.17, 15) is 4.39 Å². The molecule has 0 amide bonds. The summed E-state index contributed by atoms with van der Waals surface area (Å²) < 4.78 is 13.7. The van der Waals surface area contributed by atoms with Gasteiger partial charge in [-0.15, -0.1) is 0 Å². The van der Waals surface area contributed by atoms with E-state index in [-0.39, 0.29) is 11.9 Å². The third kappa shape index (κ3) is 2.86. The SMILES string of the molecule is NC(c1ccc(F)cc1)c1cc(Br)ccc1Cl. The Labute approximate surface area is 113 Å². The fourth-order valence-corrected chi connectivity index (χ4v) is 2.22. The molecular weight excluding hydrogens is 305 g/mol. The topological polar surface area (TPSA) is 26.0 Å². The molecule has 2 aromatic rings. The summed E-state index contributed by atoms with van der Waals surface area (Å²) in [6.07, 6.45) is 0. The molecule has 0 saturated heterocycles. The highest BCUT2D eigenvalue weighted by molar-refractivity contribution is 9.10. The van der Waals surface area contributed by atoms with Gasteiger partial charge in [-0.1, -0.05) is 39.7 Å². The Balaban J connectivity index is 2.39. The maximum absolute atomic E-state index is 12.8. The summed E-state index contributed by atoms with van der Waals surface area (Å²) in [5, 5.41) is 0.602. The van der Waals surface area contributed by atoms with Crippen molar-refractivity contribution in [2.24, 2.45) is 5.73 Å². The monoisotopic (exact) mass is 313 g/mol. The minimum atomic E-state index is -0.361. The Kier molecular flexibility index (Phi) is 3.82. The molecule has 2 rings (SSSR count). The molecule has 0 spiro atoms. The number of halogens is 3. The lowest BCUT2D eigenvalue weighted by Gasteiger charge is -2.14. The highest BCUT2D eigenvalue weighted by Gasteiger charge is 2.12. The van der Waals surface area contributed by atoms with Gasteiger partial charge in [-0.05, 0) is 41.5 Å². The molecule has 0 aromatic heterocycles. The molecule has 0 heterocycles. The molecule has 2 aromatic carbocycles. The van der Waals surface area contributed by atoms with Crippen LogP contribution in [0.4, 0.5) is 4.39 Å². The van der Waals surface area contributed by atoms with Gasteiger partial charge in [0.05, 0.1) is 6.04 Å². The van der Waals surface area contributed by atoms with Crippen LogP contribution >= 0.6 is 27.5 Å². The second kappa shape index (κ2) is 5.17. The normalized spacial score (nSPS) is 12.5. The summed E-state index contributed by atoms with van der Waals surface area (Å²) in [5.41, 5.74) is 7.75. The maximum atomic E-state index is 12.8. The lowest BCUT2D eigenvalue weighted by atomic mass is 10.00. The van der Waals surface area contributed by atoms with Crippen molar-refractivity contribution in [2.75, 3.05) is 0 Å². The lowest BCUT2D eigenvalue weighted by Crippen LogP contribution is -2.12. The first kappa shape index (κ1) is 12.6. The molecule has 1 unspecified atom stereocenters. The molecule has 4 heteroatoms. The molecule has 2 N–H and O–H groups in total. The molecule has 0 aliphatic rings. The van der Waals surface area contributed by atoms with Crippen LogP contribution < -0.4 is 5.73 Å². The van der Waals surface area contributed by atoms with Gasteiger partial charge in [-0.3, -0.25) is 0 Å². The Morgan fingerprint density at radius 2 is 1.76 bits per heavy atom. The minimum Gasteiger partial charge on any atom is -0.320 e. The second-order valence-corrected chi connectivity index (χ2v) is 5.02. The zero-order chi connectivity index (χ0) is 12.4. The summed E-state index contributed by atoms with van der Waals surface area (Å²) in [6.45, 7) is 0. The molecule has 0 saturated carbocycles. The summed E-state index contributed by atoms with van der Waals surface area (Å²) in [5.74, 6) is -0.277. The van der Waals surface area contributed by atoms with Gasteiger partial charge in [0, 0.05) is 9.50 Å². The zero-order valence-corrected chi connectivity index (χ0v) is 11.2. The van der Waals surface area contributed by atoms with Crippen LogP contribution in [-0.2, 0) is 0 Å². The number of rotatable bonds is 2. The lowest BCUT2D eigenvalue weighted by molar-refractivity contribution is 0.626. The highest BCUT2D eigenvalue weighted by atomic mass is 79.9.